The number of aryl methyl sites for hydroxylation is 1. The second-order valence-corrected chi connectivity index (χ2v) is 7.10. The summed E-state index contributed by atoms with van der Waals surface area (Å²) in [4.78, 5) is 23.8. The Balaban J connectivity index is 2.31. The maximum Gasteiger partial charge on any atom is 0.408 e. The molecule has 4 heteroatoms. The Morgan fingerprint density at radius 1 is 1.18 bits per heavy atom. The van der Waals surface area contributed by atoms with E-state index in [-0.39, 0.29) is 0 Å². The van der Waals surface area contributed by atoms with Gasteiger partial charge in [-0.3, -0.25) is 0 Å². The lowest BCUT2D eigenvalue weighted by molar-refractivity contribution is -0.113. The highest BCUT2D eigenvalue weighted by atomic mass is 16.6. The van der Waals surface area contributed by atoms with Crippen molar-refractivity contribution in [1.29, 1.82) is 0 Å². The number of carbonyl (C=O) groups excluding carboxylic acids is 2. The van der Waals surface area contributed by atoms with Gasteiger partial charge in [-0.05, 0) is 70.1 Å². The first-order valence-electron chi connectivity index (χ1n) is 7.84. The number of alkyl carbamates (subject to hydrolysis) is 1. The number of benzene rings is 1. The van der Waals surface area contributed by atoms with E-state index in [1.54, 1.807) is 27.7 Å². The normalized spacial score (nSPS) is 17.1. The predicted molar refractivity (Wildman–Crippen MR) is 85.9 cm³/mol. The number of nitrogens with one attached hydrogen (secondary N) is 1. The Hall–Kier alpha value is -1.84. The summed E-state index contributed by atoms with van der Waals surface area (Å²) in [5.74, 6) is 0. The average Bonchev–Trinajstić information content (AvgIpc) is 2.44. The van der Waals surface area contributed by atoms with Gasteiger partial charge in [0.25, 0.3) is 0 Å². The Kier molecular flexibility index (Phi) is 4.59. The number of carbonyl (C=O) groups is 2. The van der Waals surface area contributed by atoms with Crippen molar-refractivity contribution in [2.45, 2.75) is 64.5 Å². The maximum atomic E-state index is 12.1. The minimum atomic E-state index is -1.06. The molecule has 0 saturated heterocycles. The van der Waals surface area contributed by atoms with E-state index in [9.17, 15) is 9.59 Å². The summed E-state index contributed by atoms with van der Waals surface area (Å²) < 4.78 is 5.29. The lowest BCUT2D eigenvalue weighted by Crippen LogP contribution is -2.47. The third-order valence-electron chi connectivity index (χ3n) is 3.95. The van der Waals surface area contributed by atoms with Gasteiger partial charge >= 0.3 is 6.09 Å². The number of fused-ring (bicyclic) bond motifs is 1. The van der Waals surface area contributed by atoms with Gasteiger partial charge in [-0.2, -0.15) is 0 Å². The van der Waals surface area contributed by atoms with Crippen molar-refractivity contribution in [2.75, 3.05) is 0 Å². The first-order chi connectivity index (χ1) is 10.2. The van der Waals surface area contributed by atoms with Gasteiger partial charge in [-0.25, -0.2) is 4.79 Å². The van der Waals surface area contributed by atoms with Gasteiger partial charge in [-0.1, -0.05) is 18.2 Å². The van der Waals surface area contributed by atoms with Crippen LogP contribution in [0.15, 0.2) is 18.2 Å². The average molecular weight is 303 g/mol. The highest BCUT2D eigenvalue weighted by Gasteiger charge is 2.33. The second-order valence-electron chi connectivity index (χ2n) is 7.10. The fourth-order valence-corrected chi connectivity index (χ4v) is 2.94. The van der Waals surface area contributed by atoms with Crippen LogP contribution in [-0.2, 0) is 27.9 Å². The van der Waals surface area contributed by atoms with E-state index in [4.69, 9.17) is 4.74 Å². The quantitative estimate of drug-likeness (QED) is 0.869. The Morgan fingerprint density at radius 3 is 2.50 bits per heavy atom. The molecule has 22 heavy (non-hydrogen) atoms. The third kappa shape index (κ3) is 3.67. The monoisotopic (exact) mass is 303 g/mol. The Labute approximate surface area is 132 Å². The lowest BCUT2D eigenvalue weighted by Gasteiger charge is -2.31. The van der Waals surface area contributed by atoms with E-state index >= 15 is 0 Å². The van der Waals surface area contributed by atoms with Crippen molar-refractivity contribution >= 4 is 12.4 Å². The molecule has 2 rings (SSSR count). The van der Waals surface area contributed by atoms with Crippen LogP contribution in [-0.4, -0.2) is 18.0 Å². The van der Waals surface area contributed by atoms with Gasteiger partial charge in [-0.15, -0.1) is 0 Å². The SMILES string of the molecule is CC(C)(C)OC(=O)NC(C)(C=O)c1cccc2c1CCCC2. The second kappa shape index (κ2) is 6.11. The zero-order valence-electron chi connectivity index (χ0n) is 13.9. The van der Waals surface area contributed by atoms with Gasteiger partial charge in [0, 0.05) is 0 Å². The highest BCUT2D eigenvalue weighted by Crippen LogP contribution is 2.30. The molecule has 1 amide bonds. The molecule has 1 N–H and O–H groups in total. The topological polar surface area (TPSA) is 55.4 Å². The molecule has 1 unspecified atom stereocenters. The van der Waals surface area contributed by atoms with Crippen molar-refractivity contribution in [1.82, 2.24) is 5.32 Å². The van der Waals surface area contributed by atoms with E-state index < -0.39 is 17.2 Å². The van der Waals surface area contributed by atoms with Crippen LogP contribution < -0.4 is 5.32 Å². The minimum Gasteiger partial charge on any atom is -0.444 e. The zero-order chi connectivity index (χ0) is 16.4. The van der Waals surface area contributed by atoms with Gasteiger partial charge in [0.15, 0.2) is 0 Å². The van der Waals surface area contributed by atoms with Crippen molar-refractivity contribution in [3.63, 3.8) is 0 Å². The van der Waals surface area contributed by atoms with Crippen LogP contribution in [0, 0.1) is 0 Å². The molecule has 1 atom stereocenters. The molecule has 1 aromatic carbocycles. The van der Waals surface area contributed by atoms with Gasteiger partial charge < -0.3 is 14.8 Å². The number of hydrogen-bond acceptors (Lipinski definition) is 3. The molecule has 0 heterocycles. The molecular formula is C18H25NO3. The van der Waals surface area contributed by atoms with Crippen LogP contribution in [0.1, 0.15) is 57.2 Å². The molecule has 0 aliphatic heterocycles. The van der Waals surface area contributed by atoms with Crippen LogP contribution in [0.3, 0.4) is 0 Å². The molecule has 1 aliphatic carbocycles. The molecule has 0 bridgehead atoms. The van der Waals surface area contributed by atoms with Crippen molar-refractivity contribution in [2.24, 2.45) is 0 Å². The maximum absolute atomic E-state index is 12.1. The van der Waals surface area contributed by atoms with Crippen LogP contribution in [0.25, 0.3) is 0 Å². The number of aldehydes is 1. The predicted octanol–water partition coefficient (Wildman–Crippen LogP) is 3.50. The first kappa shape index (κ1) is 16.5. The molecule has 1 aromatic rings. The molecule has 0 fully saturated rings. The Morgan fingerprint density at radius 2 is 1.86 bits per heavy atom. The highest BCUT2D eigenvalue weighted by molar-refractivity contribution is 5.78. The van der Waals surface area contributed by atoms with Gasteiger partial charge in [0.1, 0.15) is 17.4 Å². The van der Waals surface area contributed by atoms with Crippen LogP contribution in [0.4, 0.5) is 4.79 Å². The van der Waals surface area contributed by atoms with E-state index in [0.717, 1.165) is 31.1 Å². The molecular weight excluding hydrogens is 278 g/mol. The first-order valence-corrected chi connectivity index (χ1v) is 7.84. The molecule has 0 spiro atoms. The summed E-state index contributed by atoms with van der Waals surface area (Å²) in [6, 6.07) is 5.99. The molecule has 120 valence electrons. The number of ether oxygens (including phenoxy) is 1. The summed E-state index contributed by atoms with van der Waals surface area (Å²) in [5, 5.41) is 2.74. The van der Waals surface area contributed by atoms with Crippen molar-refractivity contribution < 1.29 is 14.3 Å². The smallest absolute Gasteiger partial charge is 0.408 e. The van der Waals surface area contributed by atoms with Crippen LogP contribution in [0.5, 0.6) is 0 Å². The van der Waals surface area contributed by atoms with E-state index in [1.807, 2.05) is 12.1 Å². The van der Waals surface area contributed by atoms with Crippen molar-refractivity contribution in [3.05, 3.63) is 34.9 Å². The number of amides is 1. The summed E-state index contributed by atoms with van der Waals surface area (Å²) >= 11 is 0. The molecule has 0 saturated carbocycles. The van der Waals surface area contributed by atoms with E-state index in [1.165, 1.54) is 17.5 Å². The zero-order valence-corrected chi connectivity index (χ0v) is 13.9. The van der Waals surface area contributed by atoms with Crippen LogP contribution >= 0.6 is 0 Å². The molecule has 0 aromatic heterocycles. The van der Waals surface area contributed by atoms with E-state index in [0.29, 0.717) is 0 Å². The fourth-order valence-electron chi connectivity index (χ4n) is 2.94. The fraction of sp³-hybridized carbons (Fsp3) is 0.556. The molecule has 1 aliphatic rings. The van der Waals surface area contributed by atoms with Gasteiger partial charge in [0.05, 0.1) is 0 Å². The lowest BCUT2D eigenvalue weighted by atomic mass is 9.81. The standard InChI is InChI=1S/C18H25NO3/c1-17(2,3)22-16(21)19-18(4,12-20)15-11-7-9-13-8-5-6-10-14(13)15/h7,9,11-12H,5-6,8,10H2,1-4H3,(H,19,21). The largest absolute Gasteiger partial charge is 0.444 e. The van der Waals surface area contributed by atoms with E-state index in [2.05, 4.69) is 11.4 Å². The summed E-state index contributed by atoms with van der Waals surface area (Å²) in [7, 11) is 0. The van der Waals surface area contributed by atoms with Crippen molar-refractivity contribution in [3.8, 4) is 0 Å². The minimum absolute atomic E-state index is 0.574. The number of hydrogen-bond donors (Lipinski definition) is 1. The van der Waals surface area contributed by atoms with Gasteiger partial charge in [0.2, 0.25) is 0 Å². The molecule has 0 radical (unpaired) electrons. The Bertz CT molecular complexity index is 574. The summed E-state index contributed by atoms with van der Waals surface area (Å²) in [5.41, 5.74) is 1.70. The third-order valence-corrected chi connectivity index (χ3v) is 3.95. The summed E-state index contributed by atoms with van der Waals surface area (Å²) in [6.45, 7) is 7.13. The molecule has 4 nitrogen and oxygen atoms in total. The summed E-state index contributed by atoms with van der Waals surface area (Å²) in [6.07, 6.45) is 4.49. The number of rotatable bonds is 3. The van der Waals surface area contributed by atoms with Crippen LogP contribution in [0.2, 0.25) is 0 Å².